The first kappa shape index (κ1) is 25.0. The number of nitrogens with two attached hydrogens (primary N) is 1. The number of fused-ring (bicyclic) bond motifs is 4. The third-order valence-electron chi connectivity index (χ3n) is 6.36. The van der Waals surface area contributed by atoms with Crippen LogP contribution < -0.4 is 21.1 Å². The topological polar surface area (TPSA) is 194 Å². The molecule has 37 heavy (non-hydrogen) atoms. The van der Waals surface area contributed by atoms with Gasteiger partial charge in [-0.15, -0.1) is 0 Å². The van der Waals surface area contributed by atoms with Gasteiger partial charge in [-0.1, -0.05) is 0 Å². The van der Waals surface area contributed by atoms with Gasteiger partial charge < -0.3 is 20.2 Å². The summed E-state index contributed by atoms with van der Waals surface area (Å²) in [7, 11) is -8.07. The van der Waals surface area contributed by atoms with Crippen molar-refractivity contribution in [1.82, 2.24) is 4.98 Å². The molecular weight excluding hydrogens is 524 g/mol. The van der Waals surface area contributed by atoms with Crippen molar-refractivity contribution < 1.29 is 35.1 Å². The van der Waals surface area contributed by atoms with Crippen LogP contribution in [0, 0.1) is 27.7 Å². The largest absolute Gasteiger partial charge is 0.451 e. The van der Waals surface area contributed by atoms with E-state index in [0.29, 0.717) is 33.5 Å². The van der Waals surface area contributed by atoms with E-state index >= 15 is 0 Å². The molecular formula is C23H22N4O8S2. The van der Waals surface area contributed by atoms with Crippen LogP contribution in [0.1, 0.15) is 22.3 Å². The van der Waals surface area contributed by atoms with Gasteiger partial charge >= 0.3 is 10.1 Å². The van der Waals surface area contributed by atoms with Gasteiger partial charge in [-0.05, 0) is 51.0 Å². The maximum atomic E-state index is 12.3. The highest BCUT2D eigenvalue weighted by molar-refractivity contribution is 7.86. The summed E-state index contributed by atoms with van der Waals surface area (Å²) in [5, 5.41) is 3.14. The molecule has 0 bridgehead atoms. The van der Waals surface area contributed by atoms with E-state index in [2.05, 4.69) is 15.3 Å². The lowest BCUT2D eigenvalue weighted by Crippen LogP contribution is -2.19. The second kappa shape index (κ2) is 7.89. The zero-order valence-corrected chi connectivity index (χ0v) is 21.9. The number of nitrogens with zero attached hydrogens (tertiary/aromatic N) is 2. The summed E-state index contributed by atoms with van der Waals surface area (Å²) in [6.07, 6.45) is 0. The minimum absolute atomic E-state index is 0.0194. The molecule has 0 fully saturated rings. The molecule has 0 atom stereocenters. The van der Waals surface area contributed by atoms with Crippen molar-refractivity contribution in [3.8, 4) is 23.0 Å². The number of benzene rings is 3. The van der Waals surface area contributed by atoms with Gasteiger partial charge in [-0.3, -0.25) is 14.1 Å². The Morgan fingerprint density at radius 3 is 2.19 bits per heavy atom. The molecule has 1 aliphatic carbocycles. The van der Waals surface area contributed by atoms with Gasteiger partial charge in [0.15, 0.2) is 32.6 Å². The van der Waals surface area contributed by atoms with E-state index in [-0.39, 0.29) is 45.3 Å². The van der Waals surface area contributed by atoms with Gasteiger partial charge in [-0.25, -0.2) is 4.98 Å². The fraction of sp³-hybridized carbons (Fsp3) is 0.217. The van der Waals surface area contributed by atoms with Crippen LogP contribution in [-0.2, 0) is 20.2 Å². The Kier molecular flexibility index (Phi) is 5.32. The summed E-state index contributed by atoms with van der Waals surface area (Å²) in [4.78, 5) is 7.55. The van der Waals surface area contributed by atoms with E-state index in [1.165, 1.54) is 13.1 Å². The Bertz CT molecular complexity index is 1940. The molecule has 3 aliphatic rings. The number of nitrogen functional groups attached to an aromatic ring is 1. The average molecular weight is 547 g/mol. The van der Waals surface area contributed by atoms with Crippen molar-refractivity contribution in [3.63, 3.8) is 0 Å². The molecule has 0 amide bonds. The minimum Gasteiger partial charge on any atom is -0.451 e. The molecule has 2 aromatic carbocycles. The van der Waals surface area contributed by atoms with Gasteiger partial charge in [-0.2, -0.15) is 16.8 Å². The normalized spacial score (nSPS) is 13.9. The number of hydrogen-bond donors (Lipinski definition) is 4. The summed E-state index contributed by atoms with van der Waals surface area (Å²) in [6, 6.07) is 3.05. The molecule has 2 aliphatic heterocycles. The van der Waals surface area contributed by atoms with E-state index in [9.17, 15) is 25.9 Å². The first-order valence-electron chi connectivity index (χ1n) is 10.8. The average Bonchev–Trinajstić information content (AvgIpc) is 2.79. The van der Waals surface area contributed by atoms with Crippen molar-refractivity contribution >= 4 is 48.4 Å². The molecule has 0 unspecified atom stereocenters. The lowest BCUT2D eigenvalue weighted by molar-refractivity contribution is 0.447. The zero-order chi connectivity index (χ0) is 27.2. The van der Waals surface area contributed by atoms with Gasteiger partial charge in [0.2, 0.25) is 0 Å². The quantitative estimate of drug-likeness (QED) is 0.143. The lowest BCUT2D eigenvalue weighted by Gasteiger charge is -2.28. The summed E-state index contributed by atoms with van der Waals surface area (Å²) in [5.41, 5.74) is 9.03. The van der Waals surface area contributed by atoms with Gasteiger partial charge in [0.1, 0.15) is 11.2 Å². The summed E-state index contributed by atoms with van der Waals surface area (Å²) in [5.74, 6) is -0.107. The lowest BCUT2D eigenvalue weighted by atomic mass is 10.0. The maximum absolute atomic E-state index is 12.3. The van der Waals surface area contributed by atoms with E-state index in [4.69, 9.17) is 14.9 Å². The predicted octanol–water partition coefficient (Wildman–Crippen LogP) is 3.62. The summed E-state index contributed by atoms with van der Waals surface area (Å²) < 4.78 is 80.8. The maximum Gasteiger partial charge on any atom is 0.300 e. The molecule has 5 rings (SSSR count). The van der Waals surface area contributed by atoms with Crippen LogP contribution in [0.5, 0.6) is 11.5 Å². The molecule has 0 saturated carbocycles. The molecule has 14 heteroatoms. The van der Waals surface area contributed by atoms with Crippen LogP contribution >= 0.6 is 0 Å². The zero-order valence-electron chi connectivity index (χ0n) is 20.3. The Balaban J connectivity index is 1.90. The van der Waals surface area contributed by atoms with Crippen molar-refractivity contribution in [2.24, 2.45) is 4.99 Å². The first-order valence-corrected chi connectivity index (χ1v) is 13.7. The van der Waals surface area contributed by atoms with E-state index in [0.717, 1.165) is 0 Å². The molecule has 0 spiro atoms. The molecule has 0 radical (unpaired) electrons. The van der Waals surface area contributed by atoms with Crippen LogP contribution in [0.4, 0.5) is 17.1 Å². The van der Waals surface area contributed by atoms with Crippen molar-refractivity contribution in [2.75, 3.05) is 18.1 Å². The van der Waals surface area contributed by atoms with Crippen molar-refractivity contribution in [1.29, 1.82) is 0 Å². The highest BCUT2D eigenvalue weighted by atomic mass is 32.2. The third kappa shape index (κ3) is 3.63. The van der Waals surface area contributed by atoms with Gasteiger partial charge in [0, 0.05) is 18.2 Å². The number of aryl methyl sites for hydroxylation is 4. The van der Waals surface area contributed by atoms with Crippen molar-refractivity contribution in [3.05, 3.63) is 39.7 Å². The Labute approximate surface area is 211 Å². The molecule has 2 heterocycles. The number of nitrogens with one attached hydrogen (secondary N) is 1. The fourth-order valence-corrected chi connectivity index (χ4v) is 6.15. The van der Waals surface area contributed by atoms with Gasteiger partial charge in [0.25, 0.3) is 10.1 Å². The van der Waals surface area contributed by atoms with Crippen molar-refractivity contribution in [2.45, 2.75) is 37.5 Å². The number of aromatic nitrogens is 1. The summed E-state index contributed by atoms with van der Waals surface area (Å²) >= 11 is 0. The molecule has 12 nitrogen and oxygen atoms in total. The third-order valence-corrected chi connectivity index (χ3v) is 8.20. The second-order valence-electron chi connectivity index (χ2n) is 8.78. The molecule has 0 saturated heterocycles. The molecule has 194 valence electrons. The number of ether oxygens (including phenoxy) is 1. The van der Waals surface area contributed by atoms with E-state index < -0.39 is 30.0 Å². The van der Waals surface area contributed by atoms with E-state index in [1.807, 2.05) is 0 Å². The molecule has 0 aromatic heterocycles. The van der Waals surface area contributed by atoms with Gasteiger partial charge in [0.05, 0.1) is 22.4 Å². The number of hydrogen-bond acceptors (Lipinski definition) is 10. The Morgan fingerprint density at radius 2 is 1.59 bits per heavy atom. The van der Waals surface area contributed by atoms with Crippen LogP contribution in [0.25, 0.3) is 22.6 Å². The highest BCUT2D eigenvalue weighted by Crippen LogP contribution is 2.52. The standard InChI is InChI=1S/C23H22N4O8S2/c1-8-6-12-20(23(14(8)24)37(31,32)33)34-18-11(4)17-19(10(3)16(18)26-12)35-21-15(27-17)9(2)7-13(25-5)22(21)36(28,29)30/h6-7,26H,24H2,1-5H3,(H,28,29,30)(H,31,32,33). The Morgan fingerprint density at radius 1 is 0.946 bits per heavy atom. The number of rotatable bonds is 2. The van der Waals surface area contributed by atoms with E-state index in [1.54, 1.807) is 33.8 Å². The second-order valence-corrected chi connectivity index (χ2v) is 11.5. The number of anilines is 3. The smallest absolute Gasteiger partial charge is 0.300 e. The summed E-state index contributed by atoms with van der Waals surface area (Å²) in [6.45, 7) is 6.63. The van der Waals surface area contributed by atoms with Crippen LogP contribution in [0.2, 0.25) is 0 Å². The predicted molar refractivity (Wildman–Crippen MR) is 135 cm³/mol. The van der Waals surface area contributed by atoms with Crippen LogP contribution in [-0.4, -0.2) is 38.0 Å². The highest BCUT2D eigenvalue weighted by Gasteiger charge is 2.34. The molecule has 5 N–H and O–H groups in total. The monoisotopic (exact) mass is 546 g/mol. The molecule has 2 aromatic rings. The minimum atomic E-state index is -4.74. The Hall–Kier alpha value is -3.72. The SMILES string of the molecule is CN=c1cc(C)c2nc3c(C)c4c(c(C)c3oc-2c1S(=O)(=O)O)Nc1cc(C)c(N)c(S(=O)(=O)O)c1O4. The first-order chi connectivity index (χ1) is 17.1. The van der Waals surface area contributed by atoms with Crippen LogP contribution in [0.3, 0.4) is 0 Å². The van der Waals surface area contributed by atoms with Crippen LogP contribution in [0.15, 0.2) is 31.3 Å². The fourth-order valence-electron chi connectivity index (χ4n) is 4.54.